The molecule has 0 fully saturated rings. The minimum absolute atomic E-state index is 0.588. The normalized spacial score (nSPS) is 10.4. The molecule has 0 aliphatic rings. The fourth-order valence-electron chi connectivity index (χ4n) is 3.06. The summed E-state index contributed by atoms with van der Waals surface area (Å²) in [7, 11) is 3.18. The van der Waals surface area contributed by atoms with Gasteiger partial charge < -0.3 is 14.8 Å². The van der Waals surface area contributed by atoms with Gasteiger partial charge in [-0.25, -0.2) is 4.98 Å². The van der Waals surface area contributed by atoms with E-state index in [1.165, 1.54) is 0 Å². The lowest BCUT2D eigenvalue weighted by molar-refractivity contribution is 0.356. The lowest BCUT2D eigenvalue weighted by atomic mass is 10.0. The van der Waals surface area contributed by atoms with Crippen LogP contribution < -0.4 is 14.8 Å². The number of pyridine rings is 1. The van der Waals surface area contributed by atoms with E-state index in [-0.39, 0.29) is 0 Å². The van der Waals surface area contributed by atoms with Crippen molar-refractivity contribution < 1.29 is 9.47 Å². The summed E-state index contributed by atoms with van der Waals surface area (Å²) in [6.07, 6.45) is 3.47. The van der Waals surface area contributed by atoms with Gasteiger partial charge in [0.05, 0.1) is 37.6 Å². The highest BCUT2D eigenvalue weighted by Gasteiger charge is 2.12. The average Bonchev–Trinajstić information content (AvgIpc) is 2.78. The molecule has 0 amide bonds. The molecule has 0 bridgehead atoms. The van der Waals surface area contributed by atoms with E-state index in [2.05, 4.69) is 26.6 Å². The summed E-state index contributed by atoms with van der Waals surface area (Å²) in [5.74, 6) is 1.90. The molecule has 1 N–H and O–H groups in total. The molecule has 142 valence electrons. The smallest absolute Gasteiger partial charge is 0.162 e. The van der Waals surface area contributed by atoms with Crippen molar-refractivity contribution >= 4 is 22.4 Å². The first-order chi connectivity index (χ1) is 14.2. The maximum atomic E-state index is 9.03. The Morgan fingerprint density at radius 1 is 0.966 bits per heavy atom. The molecule has 4 aromatic rings. The number of rotatable bonds is 5. The maximum absolute atomic E-state index is 9.03. The van der Waals surface area contributed by atoms with Crippen LogP contribution in [0.2, 0.25) is 0 Å². The van der Waals surface area contributed by atoms with Crippen LogP contribution in [0.1, 0.15) is 5.56 Å². The van der Waals surface area contributed by atoms with Crippen molar-refractivity contribution in [1.29, 1.82) is 5.26 Å². The highest BCUT2D eigenvalue weighted by atomic mass is 16.5. The SMILES string of the molecule is COc1cc2nncc(-c3ccc(Nc4cccc(C#N)c4)nc3)c2cc1OC. The van der Waals surface area contributed by atoms with E-state index < -0.39 is 0 Å². The van der Waals surface area contributed by atoms with E-state index in [0.717, 1.165) is 22.2 Å². The summed E-state index contributed by atoms with van der Waals surface area (Å²) < 4.78 is 10.8. The van der Waals surface area contributed by atoms with Gasteiger partial charge in [0.15, 0.2) is 11.5 Å². The van der Waals surface area contributed by atoms with Crippen molar-refractivity contribution in [3.8, 4) is 28.7 Å². The van der Waals surface area contributed by atoms with Gasteiger partial charge in [0.2, 0.25) is 0 Å². The van der Waals surface area contributed by atoms with E-state index in [4.69, 9.17) is 14.7 Å². The maximum Gasteiger partial charge on any atom is 0.162 e. The number of ether oxygens (including phenoxy) is 2. The Hall–Kier alpha value is -4.18. The predicted octanol–water partition coefficient (Wildman–Crippen LogP) is 4.32. The number of nitrogens with zero attached hydrogens (tertiary/aromatic N) is 4. The molecular formula is C22H17N5O2. The zero-order chi connectivity index (χ0) is 20.2. The first-order valence-corrected chi connectivity index (χ1v) is 8.83. The third kappa shape index (κ3) is 3.64. The monoisotopic (exact) mass is 383 g/mol. The molecule has 2 aromatic carbocycles. The zero-order valence-electron chi connectivity index (χ0n) is 15.9. The number of methoxy groups -OCH3 is 2. The van der Waals surface area contributed by atoms with Gasteiger partial charge in [-0.15, -0.1) is 0 Å². The van der Waals surface area contributed by atoms with Crippen LogP contribution >= 0.6 is 0 Å². The minimum Gasteiger partial charge on any atom is -0.493 e. The molecule has 0 aliphatic carbocycles. The summed E-state index contributed by atoms with van der Waals surface area (Å²) in [5, 5.41) is 21.4. The Balaban J connectivity index is 1.68. The lowest BCUT2D eigenvalue weighted by Gasteiger charge is -2.11. The standard InChI is InChI=1S/C22H17N5O2/c1-28-20-9-17-18(13-25-27-19(17)10-21(20)29-2)15-6-7-22(24-12-15)26-16-5-3-4-14(8-16)11-23/h3-10,12-13H,1-2H3,(H,24,26). The summed E-state index contributed by atoms with van der Waals surface area (Å²) in [6, 6.07) is 16.9. The second-order valence-corrected chi connectivity index (χ2v) is 6.23. The van der Waals surface area contributed by atoms with Crippen LogP contribution in [0.25, 0.3) is 22.0 Å². The van der Waals surface area contributed by atoms with Crippen molar-refractivity contribution in [2.75, 3.05) is 19.5 Å². The van der Waals surface area contributed by atoms with E-state index in [9.17, 15) is 0 Å². The van der Waals surface area contributed by atoms with Gasteiger partial charge >= 0.3 is 0 Å². The van der Waals surface area contributed by atoms with Crippen LogP contribution in [-0.4, -0.2) is 29.4 Å². The Bertz CT molecular complexity index is 1220. The number of nitriles is 1. The minimum atomic E-state index is 0.588. The molecule has 0 spiro atoms. The zero-order valence-corrected chi connectivity index (χ0v) is 15.9. The summed E-state index contributed by atoms with van der Waals surface area (Å²) in [4.78, 5) is 4.49. The molecule has 0 saturated heterocycles. The molecule has 7 heteroatoms. The molecular weight excluding hydrogens is 366 g/mol. The molecule has 4 rings (SSSR count). The van der Waals surface area contributed by atoms with Crippen molar-refractivity contribution in [2.24, 2.45) is 0 Å². The Morgan fingerprint density at radius 2 is 1.79 bits per heavy atom. The molecule has 0 unspecified atom stereocenters. The van der Waals surface area contributed by atoms with Crippen LogP contribution in [0.4, 0.5) is 11.5 Å². The highest BCUT2D eigenvalue weighted by Crippen LogP contribution is 2.35. The molecule has 0 aliphatic heterocycles. The predicted molar refractivity (Wildman–Crippen MR) is 110 cm³/mol. The van der Waals surface area contributed by atoms with Gasteiger partial charge in [-0.3, -0.25) is 0 Å². The van der Waals surface area contributed by atoms with Gasteiger partial charge in [0.25, 0.3) is 0 Å². The number of benzene rings is 2. The first kappa shape index (κ1) is 18.2. The van der Waals surface area contributed by atoms with Gasteiger partial charge in [0, 0.05) is 34.5 Å². The van der Waals surface area contributed by atoms with Crippen LogP contribution in [0, 0.1) is 11.3 Å². The summed E-state index contributed by atoms with van der Waals surface area (Å²) in [5.41, 5.74) is 3.88. The molecule has 2 aromatic heterocycles. The third-order valence-corrected chi connectivity index (χ3v) is 4.48. The number of hydrogen-bond acceptors (Lipinski definition) is 7. The largest absolute Gasteiger partial charge is 0.493 e. The van der Waals surface area contributed by atoms with Gasteiger partial charge in [0.1, 0.15) is 5.82 Å². The molecule has 0 saturated carbocycles. The lowest BCUT2D eigenvalue weighted by Crippen LogP contribution is -1.96. The highest BCUT2D eigenvalue weighted by molar-refractivity contribution is 5.95. The molecule has 0 atom stereocenters. The molecule has 29 heavy (non-hydrogen) atoms. The molecule has 0 radical (unpaired) electrons. The summed E-state index contributed by atoms with van der Waals surface area (Å²) >= 11 is 0. The van der Waals surface area contributed by atoms with Crippen LogP contribution in [0.3, 0.4) is 0 Å². The van der Waals surface area contributed by atoms with Crippen molar-refractivity contribution in [1.82, 2.24) is 15.2 Å². The Morgan fingerprint density at radius 3 is 2.52 bits per heavy atom. The van der Waals surface area contributed by atoms with E-state index >= 15 is 0 Å². The van der Waals surface area contributed by atoms with Crippen molar-refractivity contribution in [3.05, 3.63) is 66.5 Å². The third-order valence-electron chi connectivity index (χ3n) is 4.48. The molecule has 7 nitrogen and oxygen atoms in total. The number of hydrogen-bond donors (Lipinski definition) is 1. The van der Waals surface area contributed by atoms with Crippen LogP contribution in [0.5, 0.6) is 11.5 Å². The van der Waals surface area contributed by atoms with Gasteiger partial charge in [-0.1, -0.05) is 6.07 Å². The number of aromatic nitrogens is 3. The number of fused-ring (bicyclic) bond motifs is 1. The van der Waals surface area contributed by atoms with Crippen molar-refractivity contribution in [3.63, 3.8) is 0 Å². The quantitative estimate of drug-likeness (QED) is 0.548. The fourth-order valence-corrected chi connectivity index (χ4v) is 3.06. The Kier molecular flexibility index (Phi) is 4.91. The molecule has 2 heterocycles. The first-order valence-electron chi connectivity index (χ1n) is 8.83. The van der Waals surface area contributed by atoms with Crippen molar-refractivity contribution in [2.45, 2.75) is 0 Å². The van der Waals surface area contributed by atoms with Crippen LogP contribution in [-0.2, 0) is 0 Å². The number of anilines is 2. The van der Waals surface area contributed by atoms with Gasteiger partial charge in [-0.2, -0.15) is 15.5 Å². The van der Waals surface area contributed by atoms with Gasteiger partial charge in [-0.05, 0) is 36.4 Å². The van der Waals surface area contributed by atoms with E-state index in [1.54, 1.807) is 44.8 Å². The average molecular weight is 383 g/mol. The van der Waals surface area contributed by atoms with E-state index in [1.807, 2.05) is 30.3 Å². The second kappa shape index (κ2) is 7.82. The Labute approximate surface area is 167 Å². The van der Waals surface area contributed by atoms with E-state index in [0.29, 0.717) is 28.4 Å². The van der Waals surface area contributed by atoms with Crippen LogP contribution in [0.15, 0.2) is 60.9 Å². The number of nitrogens with one attached hydrogen (secondary N) is 1. The topological polar surface area (TPSA) is 93.0 Å². The fraction of sp³-hybridized carbons (Fsp3) is 0.0909. The second-order valence-electron chi connectivity index (χ2n) is 6.23. The summed E-state index contributed by atoms with van der Waals surface area (Å²) in [6.45, 7) is 0.